The highest BCUT2D eigenvalue weighted by atomic mass is 19.1. The summed E-state index contributed by atoms with van der Waals surface area (Å²) in [5.74, 6) is 0.277. The van der Waals surface area contributed by atoms with Gasteiger partial charge in [-0.2, -0.15) is 0 Å². The van der Waals surface area contributed by atoms with E-state index < -0.39 is 0 Å². The minimum Gasteiger partial charge on any atom is -0.496 e. The van der Waals surface area contributed by atoms with E-state index in [0.29, 0.717) is 12.1 Å². The number of hydrogen-bond acceptors (Lipinski definition) is 2. The number of methoxy groups -OCH3 is 1. The van der Waals surface area contributed by atoms with Crippen LogP contribution in [0.2, 0.25) is 0 Å². The van der Waals surface area contributed by atoms with Crippen LogP contribution in [0.5, 0.6) is 5.75 Å². The molecule has 0 saturated carbocycles. The molecule has 1 amide bonds. The predicted octanol–water partition coefficient (Wildman–Crippen LogP) is 4.17. The average molecular weight is 379 g/mol. The molecular formula is C22H22FN3O2. The Balaban J connectivity index is 1.53. The SMILES string of the molecule is COc1cccc2[nH]c(C(=O)NC(C)Cc3cn(C)c4ccc(F)cc34)cc12. The summed E-state index contributed by atoms with van der Waals surface area (Å²) in [5.41, 5.74) is 3.30. The molecule has 0 aliphatic rings. The summed E-state index contributed by atoms with van der Waals surface area (Å²) in [6.07, 6.45) is 2.59. The molecule has 6 heteroatoms. The largest absolute Gasteiger partial charge is 0.496 e. The molecule has 2 aromatic carbocycles. The van der Waals surface area contributed by atoms with Crippen LogP contribution in [0.1, 0.15) is 23.0 Å². The molecule has 2 heterocycles. The first-order valence-electron chi connectivity index (χ1n) is 9.16. The highest BCUT2D eigenvalue weighted by Crippen LogP contribution is 2.26. The number of nitrogens with one attached hydrogen (secondary N) is 2. The normalized spacial score (nSPS) is 12.4. The molecule has 0 fully saturated rings. The molecule has 1 unspecified atom stereocenters. The lowest BCUT2D eigenvalue weighted by Crippen LogP contribution is -2.34. The number of hydrogen-bond donors (Lipinski definition) is 2. The number of ether oxygens (including phenoxy) is 1. The van der Waals surface area contributed by atoms with Crippen LogP contribution in [-0.2, 0) is 13.5 Å². The van der Waals surface area contributed by atoms with Crippen molar-refractivity contribution in [3.63, 3.8) is 0 Å². The van der Waals surface area contributed by atoms with Crippen LogP contribution in [0.4, 0.5) is 4.39 Å². The van der Waals surface area contributed by atoms with Gasteiger partial charge >= 0.3 is 0 Å². The van der Waals surface area contributed by atoms with Gasteiger partial charge in [0.15, 0.2) is 0 Å². The van der Waals surface area contributed by atoms with Gasteiger partial charge in [0.1, 0.15) is 17.3 Å². The first-order valence-corrected chi connectivity index (χ1v) is 9.16. The maximum atomic E-state index is 13.7. The predicted molar refractivity (Wildman–Crippen MR) is 108 cm³/mol. The molecule has 0 bridgehead atoms. The van der Waals surface area contributed by atoms with Crippen molar-refractivity contribution >= 4 is 27.7 Å². The van der Waals surface area contributed by atoms with Crippen LogP contribution in [0, 0.1) is 5.82 Å². The highest BCUT2D eigenvalue weighted by Gasteiger charge is 2.16. The Labute approximate surface area is 162 Å². The fourth-order valence-corrected chi connectivity index (χ4v) is 3.72. The van der Waals surface area contributed by atoms with Gasteiger partial charge in [0.05, 0.1) is 7.11 Å². The van der Waals surface area contributed by atoms with Gasteiger partial charge in [-0.25, -0.2) is 4.39 Å². The summed E-state index contributed by atoms with van der Waals surface area (Å²) >= 11 is 0. The van der Waals surface area contributed by atoms with Crippen LogP contribution in [-0.4, -0.2) is 28.6 Å². The van der Waals surface area contributed by atoms with Crippen LogP contribution in [0.3, 0.4) is 0 Å². The van der Waals surface area contributed by atoms with E-state index in [0.717, 1.165) is 33.1 Å². The lowest BCUT2D eigenvalue weighted by atomic mass is 10.1. The first-order chi connectivity index (χ1) is 13.5. The van der Waals surface area contributed by atoms with Crippen LogP contribution in [0.25, 0.3) is 21.8 Å². The molecule has 2 N–H and O–H groups in total. The van der Waals surface area contributed by atoms with E-state index >= 15 is 0 Å². The minimum atomic E-state index is -0.260. The van der Waals surface area contributed by atoms with Crippen molar-refractivity contribution in [3.8, 4) is 5.75 Å². The van der Waals surface area contributed by atoms with E-state index in [2.05, 4.69) is 10.3 Å². The van der Waals surface area contributed by atoms with Crippen LogP contribution in [0.15, 0.2) is 48.7 Å². The van der Waals surface area contributed by atoms with Crippen molar-refractivity contribution in [2.24, 2.45) is 7.05 Å². The molecule has 4 aromatic rings. The maximum Gasteiger partial charge on any atom is 0.267 e. The molecule has 1 atom stereocenters. The zero-order valence-electron chi connectivity index (χ0n) is 16.0. The summed E-state index contributed by atoms with van der Waals surface area (Å²) in [4.78, 5) is 15.8. The molecule has 5 nitrogen and oxygen atoms in total. The van der Waals surface area contributed by atoms with Gasteiger partial charge < -0.3 is 19.6 Å². The number of halogens is 1. The Hall–Kier alpha value is -3.28. The molecule has 144 valence electrons. The number of aryl methyl sites for hydroxylation is 1. The summed E-state index contributed by atoms with van der Waals surface area (Å²) in [6.45, 7) is 1.94. The number of fused-ring (bicyclic) bond motifs is 2. The van der Waals surface area contributed by atoms with Crippen molar-refractivity contribution in [1.82, 2.24) is 14.9 Å². The summed E-state index contributed by atoms with van der Waals surface area (Å²) < 4.78 is 21.0. The summed E-state index contributed by atoms with van der Waals surface area (Å²) in [6, 6.07) is 12.1. The number of amides is 1. The van der Waals surface area contributed by atoms with Gasteiger partial charge in [-0.3, -0.25) is 4.79 Å². The Morgan fingerprint density at radius 3 is 2.86 bits per heavy atom. The fraction of sp³-hybridized carbons (Fsp3) is 0.227. The number of benzene rings is 2. The Bertz CT molecular complexity index is 1180. The number of carbonyl (C=O) groups is 1. The second kappa shape index (κ2) is 7.03. The lowest BCUT2D eigenvalue weighted by Gasteiger charge is -2.13. The number of H-pyrrole nitrogens is 1. The number of rotatable bonds is 5. The number of carbonyl (C=O) groups excluding carboxylic acids is 1. The standard InChI is InChI=1S/C22H22FN3O2/c1-13(9-14-12-26(2)20-8-7-15(23)10-16(14)20)24-22(27)19-11-17-18(25-19)5-4-6-21(17)28-3/h4-8,10-13,25H,9H2,1-3H3,(H,24,27). The van der Waals surface area contributed by atoms with Crippen molar-refractivity contribution in [2.45, 2.75) is 19.4 Å². The lowest BCUT2D eigenvalue weighted by molar-refractivity contribution is 0.0936. The Kier molecular flexibility index (Phi) is 4.55. The third-order valence-corrected chi connectivity index (χ3v) is 5.03. The summed E-state index contributed by atoms with van der Waals surface area (Å²) in [5, 5.41) is 4.76. The first kappa shape index (κ1) is 18.1. The number of aromatic amines is 1. The van der Waals surface area contributed by atoms with E-state index in [4.69, 9.17) is 4.74 Å². The van der Waals surface area contributed by atoms with Gasteiger partial charge in [-0.05, 0) is 55.3 Å². The third kappa shape index (κ3) is 3.22. The maximum absolute atomic E-state index is 13.7. The quantitative estimate of drug-likeness (QED) is 0.547. The van der Waals surface area contributed by atoms with Gasteiger partial charge in [-0.15, -0.1) is 0 Å². The van der Waals surface area contributed by atoms with E-state index in [1.807, 2.05) is 42.9 Å². The molecule has 0 aliphatic heterocycles. The topological polar surface area (TPSA) is 59.1 Å². The minimum absolute atomic E-state index is 0.116. The van der Waals surface area contributed by atoms with E-state index in [1.54, 1.807) is 25.3 Å². The number of nitrogens with zero attached hydrogens (tertiary/aromatic N) is 1. The highest BCUT2D eigenvalue weighted by molar-refractivity contribution is 5.99. The van der Waals surface area contributed by atoms with Crippen molar-refractivity contribution < 1.29 is 13.9 Å². The van der Waals surface area contributed by atoms with E-state index in [9.17, 15) is 9.18 Å². The van der Waals surface area contributed by atoms with Crippen molar-refractivity contribution in [2.75, 3.05) is 7.11 Å². The number of aromatic nitrogens is 2. The van der Waals surface area contributed by atoms with Crippen LogP contribution < -0.4 is 10.1 Å². The fourth-order valence-electron chi connectivity index (χ4n) is 3.72. The van der Waals surface area contributed by atoms with E-state index in [-0.39, 0.29) is 17.8 Å². The zero-order chi connectivity index (χ0) is 19.8. The molecular weight excluding hydrogens is 357 g/mol. The molecule has 0 radical (unpaired) electrons. The molecule has 4 rings (SSSR count). The van der Waals surface area contributed by atoms with Gasteiger partial charge in [0.25, 0.3) is 5.91 Å². The second-order valence-corrected chi connectivity index (χ2v) is 7.11. The molecule has 0 spiro atoms. The van der Waals surface area contributed by atoms with Crippen LogP contribution >= 0.6 is 0 Å². The third-order valence-electron chi connectivity index (χ3n) is 5.03. The second-order valence-electron chi connectivity index (χ2n) is 7.11. The monoisotopic (exact) mass is 379 g/mol. The van der Waals surface area contributed by atoms with Gasteiger partial charge in [0.2, 0.25) is 0 Å². The van der Waals surface area contributed by atoms with Crippen molar-refractivity contribution in [3.05, 3.63) is 65.7 Å². The Morgan fingerprint density at radius 1 is 1.25 bits per heavy atom. The summed E-state index contributed by atoms with van der Waals surface area (Å²) in [7, 11) is 3.54. The van der Waals surface area contributed by atoms with Gasteiger partial charge in [-0.1, -0.05) is 6.07 Å². The molecule has 28 heavy (non-hydrogen) atoms. The van der Waals surface area contributed by atoms with E-state index in [1.165, 1.54) is 6.07 Å². The molecule has 2 aromatic heterocycles. The average Bonchev–Trinajstić information content (AvgIpc) is 3.23. The Morgan fingerprint density at radius 2 is 2.07 bits per heavy atom. The smallest absolute Gasteiger partial charge is 0.267 e. The molecule has 0 saturated heterocycles. The van der Waals surface area contributed by atoms with Crippen molar-refractivity contribution in [1.29, 1.82) is 0 Å². The van der Waals surface area contributed by atoms with Gasteiger partial charge in [0, 0.05) is 41.1 Å². The molecule has 0 aliphatic carbocycles. The zero-order valence-corrected chi connectivity index (χ0v) is 16.0.